The molecule has 0 aromatic rings. The van der Waals surface area contributed by atoms with Crippen LogP contribution in [0.1, 0.15) is 32.6 Å². The van der Waals surface area contributed by atoms with Crippen molar-refractivity contribution in [3.8, 4) is 0 Å². The molecule has 2 heteroatoms. The van der Waals surface area contributed by atoms with Gasteiger partial charge in [-0.2, -0.15) is 12.6 Å². The van der Waals surface area contributed by atoms with E-state index in [0.29, 0.717) is 0 Å². The summed E-state index contributed by atoms with van der Waals surface area (Å²) in [5, 5.41) is 0. The zero-order chi connectivity index (χ0) is 10.2. The SMILES string of the molecule is CCCC1CCN(CC=CCS)CC1. The molecule has 0 radical (unpaired) electrons. The monoisotopic (exact) mass is 213 g/mol. The number of piperidine rings is 1. The fraction of sp³-hybridized carbons (Fsp3) is 0.833. The average Bonchev–Trinajstić information content (AvgIpc) is 2.21. The highest BCUT2D eigenvalue weighted by molar-refractivity contribution is 7.80. The van der Waals surface area contributed by atoms with Gasteiger partial charge < -0.3 is 0 Å². The lowest BCUT2D eigenvalue weighted by Crippen LogP contribution is -2.33. The summed E-state index contributed by atoms with van der Waals surface area (Å²) >= 11 is 4.16. The summed E-state index contributed by atoms with van der Waals surface area (Å²) in [7, 11) is 0. The van der Waals surface area contributed by atoms with Crippen molar-refractivity contribution >= 4 is 12.6 Å². The van der Waals surface area contributed by atoms with Crippen LogP contribution in [0.2, 0.25) is 0 Å². The minimum absolute atomic E-state index is 0.867. The van der Waals surface area contributed by atoms with Gasteiger partial charge in [0.15, 0.2) is 0 Å². The second kappa shape index (κ2) is 7.36. The standard InChI is InChI=1S/C12H23NS/c1-2-5-12-6-9-13(10-7-12)8-3-4-11-14/h3-4,12,14H,2,5-11H2,1H3. The van der Waals surface area contributed by atoms with Gasteiger partial charge in [-0.25, -0.2) is 0 Å². The molecule has 82 valence electrons. The van der Waals surface area contributed by atoms with Crippen molar-refractivity contribution in [1.29, 1.82) is 0 Å². The van der Waals surface area contributed by atoms with Crippen LogP contribution in [0.3, 0.4) is 0 Å². The largest absolute Gasteiger partial charge is 0.300 e. The first-order chi connectivity index (χ1) is 6.86. The highest BCUT2D eigenvalue weighted by Gasteiger charge is 2.16. The molecule has 0 bridgehead atoms. The Bertz CT molecular complexity index is 160. The van der Waals surface area contributed by atoms with E-state index in [1.54, 1.807) is 0 Å². The Morgan fingerprint density at radius 1 is 1.29 bits per heavy atom. The van der Waals surface area contributed by atoms with E-state index in [-0.39, 0.29) is 0 Å². The number of hydrogen-bond acceptors (Lipinski definition) is 2. The van der Waals surface area contributed by atoms with Gasteiger partial charge in [0.05, 0.1) is 0 Å². The maximum atomic E-state index is 4.16. The molecule has 0 aromatic heterocycles. The van der Waals surface area contributed by atoms with E-state index in [0.717, 1.165) is 18.2 Å². The van der Waals surface area contributed by atoms with Gasteiger partial charge in [0.1, 0.15) is 0 Å². The minimum atomic E-state index is 0.867. The van der Waals surface area contributed by atoms with Gasteiger partial charge in [0.2, 0.25) is 0 Å². The maximum Gasteiger partial charge on any atom is 0.0163 e. The third-order valence-electron chi connectivity index (χ3n) is 3.04. The Morgan fingerprint density at radius 2 is 2.00 bits per heavy atom. The van der Waals surface area contributed by atoms with E-state index in [9.17, 15) is 0 Å². The minimum Gasteiger partial charge on any atom is -0.300 e. The third kappa shape index (κ3) is 4.52. The summed E-state index contributed by atoms with van der Waals surface area (Å²) in [4.78, 5) is 2.55. The molecule has 1 heterocycles. The molecule has 1 nitrogen and oxygen atoms in total. The first-order valence-electron chi connectivity index (χ1n) is 5.85. The Kier molecular flexibility index (Phi) is 6.37. The molecule has 1 saturated heterocycles. The number of hydrogen-bond donors (Lipinski definition) is 1. The normalized spacial score (nSPS) is 20.7. The van der Waals surface area contributed by atoms with Crippen molar-refractivity contribution < 1.29 is 0 Å². The number of likely N-dealkylation sites (tertiary alicyclic amines) is 1. The van der Waals surface area contributed by atoms with Crippen LogP contribution in [0.25, 0.3) is 0 Å². The summed E-state index contributed by atoms with van der Waals surface area (Å²) in [5.74, 6) is 1.87. The van der Waals surface area contributed by atoms with Crippen molar-refractivity contribution in [2.75, 3.05) is 25.4 Å². The summed E-state index contributed by atoms with van der Waals surface area (Å²) in [5.41, 5.74) is 0. The highest BCUT2D eigenvalue weighted by Crippen LogP contribution is 2.21. The summed E-state index contributed by atoms with van der Waals surface area (Å²) in [6, 6.07) is 0. The molecule has 1 fully saturated rings. The summed E-state index contributed by atoms with van der Waals surface area (Å²) in [6.07, 6.45) is 9.98. The summed E-state index contributed by atoms with van der Waals surface area (Å²) in [6.45, 7) is 6.00. The topological polar surface area (TPSA) is 3.24 Å². The Labute approximate surface area is 94.0 Å². The van der Waals surface area contributed by atoms with Crippen LogP contribution in [0, 0.1) is 5.92 Å². The molecule has 1 rings (SSSR count). The molecule has 0 aliphatic carbocycles. The van der Waals surface area contributed by atoms with Crippen LogP contribution in [0.5, 0.6) is 0 Å². The number of nitrogens with zero attached hydrogens (tertiary/aromatic N) is 1. The molecular formula is C12H23NS. The van der Waals surface area contributed by atoms with Gasteiger partial charge in [0, 0.05) is 12.3 Å². The van der Waals surface area contributed by atoms with Crippen LogP contribution in [-0.4, -0.2) is 30.3 Å². The van der Waals surface area contributed by atoms with Crippen molar-refractivity contribution in [2.24, 2.45) is 5.92 Å². The number of thiol groups is 1. The lowest BCUT2D eigenvalue weighted by atomic mass is 9.92. The van der Waals surface area contributed by atoms with Gasteiger partial charge in [-0.1, -0.05) is 31.9 Å². The predicted molar refractivity (Wildman–Crippen MR) is 67.1 cm³/mol. The molecular weight excluding hydrogens is 190 g/mol. The van der Waals surface area contributed by atoms with E-state index in [2.05, 4.69) is 36.6 Å². The van der Waals surface area contributed by atoms with Gasteiger partial charge in [-0.05, 0) is 31.8 Å². The average molecular weight is 213 g/mol. The Balaban J connectivity index is 2.12. The van der Waals surface area contributed by atoms with Crippen LogP contribution < -0.4 is 0 Å². The molecule has 0 saturated carbocycles. The lowest BCUT2D eigenvalue weighted by Gasteiger charge is -2.30. The molecule has 14 heavy (non-hydrogen) atoms. The fourth-order valence-electron chi connectivity index (χ4n) is 2.16. The second-order valence-corrected chi connectivity index (χ2v) is 4.55. The Hall–Kier alpha value is 0.0500. The van der Waals surface area contributed by atoms with Gasteiger partial charge in [-0.3, -0.25) is 4.90 Å². The van der Waals surface area contributed by atoms with Crippen LogP contribution in [-0.2, 0) is 0 Å². The molecule has 0 spiro atoms. The van der Waals surface area contributed by atoms with Crippen LogP contribution in [0.15, 0.2) is 12.2 Å². The predicted octanol–water partition coefficient (Wildman–Crippen LogP) is 2.98. The van der Waals surface area contributed by atoms with E-state index in [4.69, 9.17) is 0 Å². The molecule has 0 aromatic carbocycles. The molecule has 0 amide bonds. The van der Waals surface area contributed by atoms with Crippen molar-refractivity contribution in [2.45, 2.75) is 32.6 Å². The molecule has 1 aliphatic rings. The van der Waals surface area contributed by atoms with Gasteiger partial charge in [0.25, 0.3) is 0 Å². The smallest absolute Gasteiger partial charge is 0.0163 e. The van der Waals surface area contributed by atoms with Crippen molar-refractivity contribution in [3.63, 3.8) is 0 Å². The first kappa shape index (κ1) is 12.1. The molecule has 1 aliphatic heterocycles. The quantitative estimate of drug-likeness (QED) is 0.543. The van der Waals surface area contributed by atoms with E-state index < -0.39 is 0 Å². The van der Waals surface area contributed by atoms with E-state index in [1.165, 1.54) is 38.8 Å². The van der Waals surface area contributed by atoms with E-state index in [1.807, 2.05) is 0 Å². The zero-order valence-electron chi connectivity index (χ0n) is 9.28. The maximum absolute atomic E-state index is 4.16. The molecule has 0 N–H and O–H groups in total. The number of rotatable bonds is 5. The van der Waals surface area contributed by atoms with Gasteiger partial charge in [-0.15, -0.1) is 0 Å². The second-order valence-electron chi connectivity index (χ2n) is 4.19. The van der Waals surface area contributed by atoms with Crippen LogP contribution in [0.4, 0.5) is 0 Å². The third-order valence-corrected chi connectivity index (χ3v) is 3.25. The fourth-order valence-corrected chi connectivity index (χ4v) is 2.31. The first-order valence-corrected chi connectivity index (χ1v) is 6.48. The van der Waals surface area contributed by atoms with Crippen molar-refractivity contribution in [1.82, 2.24) is 4.90 Å². The van der Waals surface area contributed by atoms with Crippen LogP contribution >= 0.6 is 12.6 Å². The highest BCUT2D eigenvalue weighted by atomic mass is 32.1. The van der Waals surface area contributed by atoms with Crippen molar-refractivity contribution in [3.05, 3.63) is 12.2 Å². The van der Waals surface area contributed by atoms with Gasteiger partial charge >= 0.3 is 0 Å². The summed E-state index contributed by atoms with van der Waals surface area (Å²) < 4.78 is 0. The molecule has 0 atom stereocenters. The molecule has 0 unspecified atom stereocenters. The van der Waals surface area contributed by atoms with E-state index >= 15 is 0 Å². The lowest BCUT2D eigenvalue weighted by molar-refractivity contribution is 0.194. The zero-order valence-corrected chi connectivity index (χ0v) is 10.2. The Morgan fingerprint density at radius 3 is 2.57 bits per heavy atom.